The largest absolute Gasteiger partial charge is 1.00 e. The van der Waals surface area contributed by atoms with E-state index in [1.165, 1.54) is 0 Å². The molecule has 10 heterocycles. The van der Waals surface area contributed by atoms with Gasteiger partial charge in [0.05, 0.1) is 0 Å². The summed E-state index contributed by atoms with van der Waals surface area (Å²) < 4.78 is 164. The first kappa shape index (κ1) is 141. The minimum atomic E-state index is -4.94. The van der Waals surface area contributed by atoms with E-state index in [1.54, 1.807) is 160 Å². The van der Waals surface area contributed by atoms with Crippen LogP contribution in [0.1, 0.15) is 159 Å². The molecule has 0 saturated heterocycles. The zero-order valence-corrected chi connectivity index (χ0v) is 89.8. The molecule has 4 aromatic carbocycles. The first-order valence-corrected chi connectivity index (χ1v) is 47.9. The summed E-state index contributed by atoms with van der Waals surface area (Å²) in [4.78, 5) is 80.6. The number of nitrogens with two attached hydrogens (primary N) is 4. The number of nitroso groups, excluding NO2 is 4. The van der Waals surface area contributed by atoms with Crippen molar-refractivity contribution in [2.24, 2.45) is 42.9 Å². The van der Waals surface area contributed by atoms with Gasteiger partial charge in [-0.05, 0) is 217 Å². The van der Waals surface area contributed by atoms with E-state index in [1.807, 2.05) is 146 Å². The molecular weight excluding hydrogens is 2280 g/mol. The molecule has 6 aromatic heterocycles. The van der Waals surface area contributed by atoms with Gasteiger partial charge in [-0.25, -0.2) is 74.5 Å². The summed E-state index contributed by atoms with van der Waals surface area (Å²) in [5, 5.41) is 94.3. The van der Waals surface area contributed by atoms with Gasteiger partial charge in [0.25, 0.3) is 22.2 Å². The zero-order chi connectivity index (χ0) is 111. The Balaban J connectivity index is 0. The van der Waals surface area contributed by atoms with E-state index in [-0.39, 0.29) is 118 Å². The van der Waals surface area contributed by atoms with Crippen LogP contribution in [0.25, 0.3) is 44.5 Å². The number of amidine groups is 4. The summed E-state index contributed by atoms with van der Waals surface area (Å²) in [7, 11) is -19.8. The summed E-state index contributed by atoms with van der Waals surface area (Å²) >= 11 is 0. The van der Waals surface area contributed by atoms with Gasteiger partial charge in [-0.3, -0.25) is 19.9 Å². The Bertz CT molecular complexity index is 5230. The van der Waals surface area contributed by atoms with Crippen LogP contribution >= 0.6 is 0 Å². The Morgan fingerprint density at radius 1 is 0.240 bits per heavy atom. The van der Waals surface area contributed by atoms with Crippen LogP contribution < -0.4 is 118 Å². The quantitative estimate of drug-likeness (QED) is 0.0105. The van der Waals surface area contributed by atoms with E-state index in [0.29, 0.717) is 74.1 Å². The third-order valence-electron chi connectivity index (χ3n) is 23.2. The molecule has 4 aliphatic rings. The van der Waals surface area contributed by atoms with Crippen molar-refractivity contribution in [1.82, 2.24) is 19.9 Å². The van der Waals surface area contributed by atoms with Crippen molar-refractivity contribution in [3.05, 3.63) is 258 Å². The molecule has 0 aliphatic carbocycles. The molecule has 0 bridgehead atoms. The molecule has 0 unspecified atom stereocenters. The van der Waals surface area contributed by atoms with Gasteiger partial charge in [0.1, 0.15) is 41.3 Å². The van der Waals surface area contributed by atoms with E-state index in [9.17, 15) is 60.9 Å². The van der Waals surface area contributed by atoms with Crippen molar-refractivity contribution in [3.8, 4) is 44.5 Å². The number of aromatic nitrogens is 4. The number of aliphatic imine (C=N–C) groups is 4. The molecule has 0 radical (unpaired) electrons. The topological polar surface area (TPSA) is 930 Å². The summed E-state index contributed by atoms with van der Waals surface area (Å²) in [5.74, 6) is -2.51. The number of hydrogen-bond donors (Lipinski definition) is 4. The van der Waals surface area contributed by atoms with Crippen LogP contribution in [0.2, 0.25) is 0 Å². The van der Waals surface area contributed by atoms with Gasteiger partial charge in [-0.2, -0.15) is 0 Å². The number of rotatable bonds is 20. The molecule has 150 heavy (non-hydrogen) atoms. The number of hydrogen-bond acceptors (Lipinski definition) is 46. The van der Waals surface area contributed by atoms with Crippen LogP contribution in [0.3, 0.4) is 0 Å². The Morgan fingerprint density at radius 3 is 0.453 bits per heavy atom. The average Bonchev–Trinajstić information content (AvgIpc) is 1.59. The van der Waals surface area contributed by atoms with Crippen LogP contribution in [0, 0.1) is 81.4 Å². The van der Waals surface area contributed by atoms with Gasteiger partial charge >= 0.3 is 91.6 Å². The molecule has 10 aromatic rings. The van der Waals surface area contributed by atoms with Crippen LogP contribution in [0.4, 0.5) is 0 Å². The fourth-order valence-corrected chi connectivity index (χ4v) is 12.2. The number of benzene rings is 4. The van der Waals surface area contributed by atoms with E-state index in [0.717, 1.165) is 82.5 Å². The maximum atomic E-state index is 12.6. The Kier molecular flexibility index (Phi) is 59.0. The van der Waals surface area contributed by atoms with Crippen molar-refractivity contribution >= 4 is 46.9 Å². The second-order valence-electron chi connectivity index (χ2n) is 34.6. The normalized spacial score (nSPS) is 16.2. The Labute approximate surface area is 909 Å². The maximum Gasteiger partial charge on any atom is 1.00 e. The van der Waals surface area contributed by atoms with Gasteiger partial charge in [-0.15, -0.1) is 59.9 Å². The third kappa shape index (κ3) is 44.3. The third-order valence-corrected chi connectivity index (χ3v) is 23.2. The van der Waals surface area contributed by atoms with Gasteiger partial charge in [0.15, 0.2) is 0 Å². The molecule has 840 valence electrons. The molecule has 0 spiro atoms. The van der Waals surface area contributed by atoms with Crippen molar-refractivity contribution in [2.75, 3.05) is 52.4 Å². The number of nitrogens with zero attached hydrogens (tertiary/aromatic N) is 16. The van der Waals surface area contributed by atoms with Crippen LogP contribution in [0.15, 0.2) is 244 Å². The standard InChI is InChI=1S/4C18H20N3O2.2C8H18N4O2.4ClHO4.4Cu.2O3/c4*1-17(2)18(3,4)21(23)16(20(17)22)15-7-5-13(6-8-15)14-9-11-19-12-10-14;2*9-3-1-5-11-7(13)8(14)12-6-2-4-10;4*2-1(3,4)5;;;;;2*1-2-3-1/h4*5-12H,1-4H3;2*1-6,9-10H2,(H,11,13)(H,12,14);4*(H,2,3,4,5);;;;;;/q4*+1;;;;;;;4*+1;;/p-8. The van der Waals surface area contributed by atoms with E-state index >= 15 is 0 Å². The van der Waals surface area contributed by atoms with E-state index < -0.39 is 109 Å². The molecule has 0 saturated carbocycles. The second kappa shape index (κ2) is 62.8. The predicted octanol–water partition coefficient (Wildman–Crippen LogP) is -10.3. The summed E-state index contributed by atoms with van der Waals surface area (Å²) in [6.07, 6.45) is 16.3. The van der Waals surface area contributed by atoms with Gasteiger partial charge in [-0.1, -0.05) is 48.5 Å². The number of halogens is 4. The van der Waals surface area contributed by atoms with Gasteiger partial charge in [0.2, 0.25) is 22.2 Å². The van der Waals surface area contributed by atoms with Crippen molar-refractivity contribution in [2.45, 2.75) is 181 Å². The smallest absolute Gasteiger partial charge is 0.858 e. The summed E-state index contributed by atoms with van der Waals surface area (Å²) in [5.41, 5.74) is 25.2. The molecule has 4 aliphatic heterocycles. The van der Waals surface area contributed by atoms with Gasteiger partial charge < -0.3 is 84.2 Å². The average molecular weight is 2390 g/mol. The molecule has 0 fully saturated rings. The van der Waals surface area contributed by atoms with Gasteiger partial charge in [0, 0.05) is 235 Å². The molecule has 14 rings (SSSR count). The SMILES string of the molecule is CC1(C)[N+](=O)C(c2ccc(-c3ccncc3)cc2)=[N+]([O-])C1(C)C.CC1(C)[N+](=O)C(c2ccc(-c3ccncc3)cc2)=[N+]([O-])C1(C)C.CC1(C)[N+](=O)C(c2ccc(-c3ccncc3)cc2)=[N+]([O-])C1(C)C.CC1(C)[N+](=O)C(c2ccc(-c3ccncc3)cc2)=[N+]([O-])C1(C)C.NCCCN=C([O-])C([O-])=NCCCN.NCCCN=C([O-])C([O-])=NCCCN.[Cu+].[Cu+].[Cu+].[Cu+].[O-][Cl+3]([O-])([O-])[O-].[O-][Cl+3]([O-])([O-])[O-].[O-][Cl+3]([O-])([O-])[O-].[O-][Cl+3]([O-])([O-])[O-].o1oo1.o1oo1. The monoisotopic (exact) mass is 2380 g/mol. The van der Waals surface area contributed by atoms with Crippen LogP contribution in [-0.2, 0) is 68.3 Å². The zero-order valence-electron chi connectivity index (χ0n) is 83.0. The Hall–Kier alpha value is -11.1. The van der Waals surface area contributed by atoms with Crippen molar-refractivity contribution in [3.63, 3.8) is 0 Å². The van der Waals surface area contributed by atoms with Crippen molar-refractivity contribution in [1.29, 1.82) is 0 Å². The number of hydroxylamine groups is 4. The van der Waals surface area contributed by atoms with Crippen LogP contribution in [-0.4, -0.2) is 202 Å². The first-order chi connectivity index (χ1) is 67.5. The summed E-state index contributed by atoms with van der Waals surface area (Å²) in [6, 6.07) is 45.2. The fourth-order valence-electron chi connectivity index (χ4n) is 12.2. The molecule has 0 amide bonds. The van der Waals surface area contributed by atoms with Crippen molar-refractivity contribution < 1.29 is 271 Å². The second-order valence-corrected chi connectivity index (χ2v) is 37.6. The predicted molar refractivity (Wildman–Crippen MR) is 467 cm³/mol. The fraction of sp³-hybridized carbons (Fsp3) is 0.409. The van der Waals surface area contributed by atoms with E-state index in [2.05, 4.69) is 68.3 Å². The molecule has 62 heteroatoms. The number of pyridine rings is 4. The summed E-state index contributed by atoms with van der Waals surface area (Å²) in [6.45, 7) is 31.7. The first-order valence-electron chi connectivity index (χ1n) is 42.9. The van der Waals surface area contributed by atoms with Crippen LogP contribution in [0.5, 0.6) is 0 Å². The Morgan fingerprint density at radius 2 is 0.353 bits per heavy atom. The minimum absolute atomic E-state index is 0. The maximum absolute atomic E-state index is 12.6. The molecule has 54 nitrogen and oxygen atoms in total. The van der Waals surface area contributed by atoms with E-state index in [4.69, 9.17) is 97.5 Å². The minimum Gasteiger partial charge on any atom is -0.858 e. The molecule has 0 atom stereocenters. The molecular formula is C88H112Cl4Cu4N20O34. The molecule has 8 N–H and O–H groups in total.